The van der Waals surface area contributed by atoms with Crippen LogP contribution in [-0.2, 0) is 9.84 Å². The van der Waals surface area contributed by atoms with Gasteiger partial charge in [-0.05, 0) is 39.5 Å². The Bertz CT molecular complexity index is 640. The summed E-state index contributed by atoms with van der Waals surface area (Å²) in [6.45, 7) is 6.12. The normalized spacial score (nSPS) is 23.7. The molecule has 6 nitrogen and oxygen atoms in total. The number of anilines is 1. The van der Waals surface area contributed by atoms with E-state index < -0.39 is 9.84 Å². The van der Waals surface area contributed by atoms with E-state index in [0.717, 1.165) is 55.8 Å². The molecule has 1 aromatic heterocycles. The van der Waals surface area contributed by atoms with Gasteiger partial charge in [0.1, 0.15) is 22.0 Å². The Morgan fingerprint density at radius 2 is 1.74 bits per heavy atom. The van der Waals surface area contributed by atoms with Crippen molar-refractivity contribution in [1.82, 2.24) is 14.9 Å². The molecular weight excluding hydrogens is 312 g/mol. The third kappa shape index (κ3) is 4.01. The van der Waals surface area contributed by atoms with Gasteiger partial charge in [0, 0.05) is 36.4 Å². The molecule has 2 fully saturated rings. The summed E-state index contributed by atoms with van der Waals surface area (Å²) >= 11 is 0. The summed E-state index contributed by atoms with van der Waals surface area (Å²) in [5.74, 6) is 1.66. The van der Waals surface area contributed by atoms with E-state index >= 15 is 0 Å². The van der Waals surface area contributed by atoms with Crippen molar-refractivity contribution in [3.05, 3.63) is 17.6 Å². The molecule has 3 rings (SSSR count). The van der Waals surface area contributed by atoms with Gasteiger partial charge in [-0.2, -0.15) is 0 Å². The van der Waals surface area contributed by atoms with Crippen LogP contribution in [0.5, 0.6) is 0 Å². The fourth-order valence-corrected chi connectivity index (χ4v) is 5.00. The highest BCUT2D eigenvalue weighted by Crippen LogP contribution is 2.24. The Labute approximate surface area is 138 Å². The predicted molar refractivity (Wildman–Crippen MR) is 91.4 cm³/mol. The zero-order valence-corrected chi connectivity index (χ0v) is 14.8. The minimum Gasteiger partial charge on any atom is -0.367 e. The molecule has 0 aromatic carbocycles. The van der Waals surface area contributed by atoms with Crippen LogP contribution in [0.15, 0.2) is 6.33 Å². The third-order valence-corrected chi connectivity index (χ3v) is 6.96. The molecule has 0 unspecified atom stereocenters. The van der Waals surface area contributed by atoms with Gasteiger partial charge in [0.05, 0.1) is 11.5 Å². The van der Waals surface area contributed by atoms with Crippen molar-refractivity contribution in [3.63, 3.8) is 0 Å². The van der Waals surface area contributed by atoms with Crippen LogP contribution in [0.2, 0.25) is 0 Å². The second-order valence-electron chi connectivity index (χ2n) is 6.77. The highest BCUT2D eigenvalue weighted by molar-refractivity contribution is 7.91. The van der Waals surface area contributed by atoms with Gasteiger partial charge in [-0.25, -0.2) is 18.4 Å². The monoisotopic (exact) mass is 338 g/mol. The fourth-order valence-electron chi connectivity index (χ4n) is 3.53. The minimum absolute atomic E-state index is 0.356. The van der Waals surface area contributed by atoms with Gasteiger partial charge in [0.25, 0.3) is 0 Å². The van der Waals surface area contributed by atoms with Crippen LogP contribution in [0.25, 0.3) is 0 Å². The van der Waals surface area contributed by atoms with Crippen LogP contribution in [0, 0.1) is 13.8 Å². The largest absolute Gasteiger partial charge is 0.367 e. The lowest BCUT2D eigenvalue weighted by Crippen LogP contribution is -2.47. The van der Waals surface area contributed by atoms with E-state index in [0.29, 0.717) is 23.6 Å². The van der Waals surface area contributed by atoms with Crippen LogP contribution in [-0.4, -0.2) is 60.0 Å². The number of sulfone groups is 1. The number of hydrogen-bond acceptors (Lipinski definition) is 6. The number of rotatable bonds is 3. The van der Waals surface area contributed by atoms with Crippen molar-refractivity contribution in [2.24, 2.45) is 0 Å². The highest BCUT2D eigenvalue weighted by atomic mass is 32.2. The molecule has 0 radical (unpaired) electrons. The lowest BCUT2D eigenvalue weighted by Gasteiger charge is -2.39. The molecule has 128 valence electrons. The van der Waals surface area contributed by atoms with E-state index in [1.807, 2.05) is 6.92 Å². The Morgan fingerprint density at radius 1 is 1.09 bits per heavy atom. The molecule has 0 atom stereocenters. The van der Waals surface area contributed by atoms with Gasteiger partial charge in [0.2, 0.25) is 0 Å². The lowest BCUT2D eigenvalue weighted by molar-refractivity contribution is 0.147. The van der Waals surface area contributed by atoms with Gasteiger partial charge in [-0.1, -0.05) is 0 Å². The Hall–Kier alpha value is -1.21. The van der Waals surface area contributed by atoms with Crippen LogP contribution in [0.1, 0.15) is 36.9 Å². The van der Waals surface area contributed by atoms with Gasteiger partial charge >= 0.3 is 0 Å². The van der Waals surface area contributed by atoms with Crippen LogP contribution in [0.4, 0.5) is 5.82 Å². The second kappa shape index (κ2) is 6.73. The molecular formula is C16H26N4O2S. The molecule has 7 heteroatoms. The molecule has 0 bridgehead atoms. The summed E-state index contributed by atoms with van der Waals surface area (Å²) in [5.41, 5.74) is 2.13. The summed E-state index contributed by atoms with van der Waals surface area (Å²) < 4.78 is 23.1. The standard InChI is InChI=1S/C16H26N4O2S/c1-12-13(2)17-11-18-16(12)19-14-3-7-20(8-4-14)15-5-9-23(21,22)10-6-15/h11,14-15H,3-10H2,1-2H3,(H,17,18,19). The highest BCUT2D eigenvalue weighted by Gasteiger charge is 2.30. The predicted octanol–water partition coefficient (Wildman–Crippen LogP) is 1.55. The summed E-state index contributed by atoms with van der Waals surface area (Å²) in [4.78, 5) is 11.0. The van der Waals surface area contributed by atoms with E-state index in [-0.39, 0.29) is 0 Å². The first-order valence-corrected chi connectivity index (χ1v) is 10.3. The molecule has 0 aliphatic carbocycles. The van der Waals surface area contributed by atoms with Crippen molar-refractivity contribution in [1.29, 1.82) is 0 Å². The second-order valence-corrected chi connectivity index (χ2v) is 9.07. The van der Waals surface area contributed by atoms with Crippen LogP contribution >= 0.6 is 0 Å². The topological polar surface area (TPSA) is 75.2 Å². The van der Waals surface area contributed by atoms with Gasteiger partial charge < -0.3 is 10.2 Å². The number of nitrogens with zero attached hydrogens (tertiary/aromatic N) is 3. The van der Waals surface area contributed by atoms with Crippen molar-refractivity contribution in [2.45, 2.75) is 51.6 Å². The summed E-state index contributed by atoms with van der Waals surface area (Å²) in [6.07, 6.45) is 5.36. The zero-order valence-electron chi connectivity index (χ0n) is 14.0. The number of aryl methyl sites for hydroxylation is 1. The fraction of sp³-hybridized carbons (Fsp3) is 0.750. The number of piperidine rings is 1. The van der Waals surface area contributed by atoms with Crippen molar-refractivity contribution in [3.8, 4) is 0 Å². The van der Waals surface area contributed by atoms with E-state index in [2.05, 4.69) is 27.1 Å². The molecule has 2 aliphatic rings. The van der Waals surface area contributed by atoms with E-state index in [1.165, 1.54) is 0 Å². The van der Waals surface area contributed by atoms with Gasteiger partial charge in [-0.3, -0.25) is 0 Å². The number of nitrogens with one attached hydrogen (secondary N) is 1. The molecule has 3 heterocycles. The maximum atomic E-state index is 11.6. The molecule has 0 spiro atoms. The first-order chi connectivity index (χ1) is 10.9. The van der Waals surface area contributed by atoms with Crippen molar-refractivity contribution in [2.75, 3.05) is 29.9 Å². The van der Waals surface area contributed by atoms with Crippen LogP contribution in [0.3, 0.4) is 0 Å². The summed E-state index contributed by atoms with van der Waals surface area (Å²) in [5, 5.41) is 3.55. The molecule has 0 saturated carbocycles. The Morgan fingerprint density at radius 3 is 2.39 bits per heavy atom. The summed E-state index contributed by atoms with van der Waals surface area (Å²) in [6, 6.07) is 0.883. The lowest BCUT2D eigenvalue weighted by atomic mass is 10.0. The number of likely N-dealkylation sites (tertiary alicyclic amines) is 1. The van der Waals surface area contributed by atoms with Gasteiger partial charge in [0.15, 0.2) is 0 Å². The molecule has 2 aliphatic heterocycles. The van der Waals surface area contributed by atoms with Crippen LogP contribution < -0.4 is 5.32 Å². The van der Waals surface area contributed by atoms with Gasteiger partial charge in [-0.15, -0.1) is 0 Å². The Balaban J connectivity index is 1.52. The van der Waals surface area contributed by atoms with E-state index in [1.54, 1.807) is 6.33 Å². The first-order valence-electron chi connectivity index (χ1n) is 8.44. The average Bonchev–Trinajstić information content (AvgIpc) is 2.53. The maximum Gasteiger partial charge on any atom is 0.150 e. The first kappa shape index (κ1) is 16.6. The molecule has 1 N–H and O–H groups in total. The zero-order chi connectivity index (χ0) is 16.4. The number of hydrogen-bond donors (Lipinski definition) is 1. The van der Waals surface area contributed by atoms with E-state index in [4.69, 9.17) is 0 Å². The molecule has 23 heavy (non-hydrogen) atoms. The van der Waals surface area contributed by atoms with Crippen molar-refractivity contribution < 1.29 is 8.42 Å². The smallest absolute Gasteiger partial charge is 0.150 e. The quantitative estimate of drug-likeness (QED) is 0.901. The summed E-state index contributed by atoms with van der Waals surface area (Å²) in [7, 11) is -2.77. The molecule has 2 saturated heterocycles. The third-order valence-electron chi connectivity index (χ3n) is 5.25. The molecule has 1 aromatic rings. The Kier molecular flexibility index (Phi) is 4.87. The maximum absolute atomic E-state index is 11.6. The average molecular weight is 338 g/mol. The molecule has 0 amide bonds. The van der Waals surface area contributed by atoms with E-state index in [9.17, 15) is 8.42 Å². The SMILES string of the molecule is Cc1ncnc(NC2CCN(C3CCS(=O)(=O)CC3)CC2)c1C. The van der Waals surface area contributed by atoms with Crippen molar-refractivity contribution >= 4 is 15.7 Å². The minimum atomic E-state index is -2.77. The number of aromatic nitrogens is 2.